The Labute approximate surface area is 174 Å². The molecule has 2 aromatic carbocycles. The smallest absolute Gasteiger partial charge is 0.258 e. The first kappa shape index (κ1) is 22.5. The van der Waals surface area contributed by atoms with Gasteiger partial charge in [-0.15, -0.1) is 0 Å². The van der Waals surface area contributed by atoms with Crippen LogP contribution in [0.2, 0.25) is 0 Å². The van der Waals surface area contributed by atoms with Gasteiger partial charge < -0.3 is 10.8 Å². The monoisotopic (exact) mass is 396 g/mol. The SMILES string of the molecule is CC(N)=NCc1cccc(/C=[N+](\O)c2cc(C(C)(C)C)c(O)c(C(C)(C)C)c2)c1. The largest absolute Gasteiger partial charge is 0.507 e. The predicted molar refractivity (Wildman–Crippen MR) is 120 cm³/mol. The van der Waals surface area contributed by atoms with E-state index < -0.39 is 0 Å². The molecule has 0 saturated carbocycles. The lowest BCUT2D eigenvalue weighted by atomic mass is 9.79. The summed E-state index contributed by atoms with van der Waals surface area (Å²) in [5.74, 6) is 0.829. The fraction of sp³-hybridized carbons (Fsp3) is 0.417. The number of amidine groups is 1. The highest BCUT2D eigenvalue weighted by atomic mass is 16.5. The number of hydrogen-bond acceptors (Lipinski definition) is 3. The molecular formula is C24H34N3O2+. The zero-order valence-electron chi connectivity index (χ0n) is 18.6. The van der Waals surface area contributed by atoms with Gasteiger partial charge in [-0.1, -0.05) is 53.7 Å². The number of phenols is 1. The number of aliphatic imine (C=N–C) groups is 1. The summed E-state index contributed by atoms with van der Waals surface area (Å²) in [5, 5.41) is 21.7. The number of nitrogens with zero attached hydrogens (tertiary/aromatic N) is 2. The number of phenolic OH excluding ortho intramolecular Hbond substituents is 1. The van der Waals surface area contributed by atoms with E-state index in [1.165, 1.54) is 0 Å². The van der Waals surface area contributed by atoms with Gasteiger partial charge in [0.05, 0.1) is 12.4 Å². The van der Waals surface area contributed by atoms with Gasteiger partial charge in [0.25, 0.3) is 5.69 Å². The molecule has 0 saturated heterocycles. The minimum absolute atomic E-state index is 0.265. The summed E-state index contributed by atoms with van der Waals surface area (Å²) >= 11 is 0. The Morgan fingerprint density at radius 3 is 2.07 bits per heavy atom. The average Bonchev–Trinajstić information content (AvgIpc) is 2.58. The summed E-state index contributed by atoms with van der Waals surface area (Å²) in [6.45, 7) is 14.5. The molecule has 0 fully saturated rings. The summed E-state index contributed by atoms with van der Waals surface area (Å²) in [6.07, 6.45) is 1.66. The van der Waals surface area contributed by atoms with Gasteiger partial charge in [0.15, 0.2) is 0 Å². The first-order valence-corrected chi connectivity index (χ1v) is 9.85. The third kappa shape index (κ3) is 5.83. The van der Waals surface area contributed by atoms with Crippen molar-refractivity contribution in [3.63, 3.8) is 0 Å². The number of aromatic hydroxyl groups is 1. The van der Waals surface area contributed by atoms with Gasteiger partial charge in [-0.3, -0.25) is 10.2 Å². The van der Waals surface area contributed by atoms with Crippen molar-refractivity contribution in [1.29, 1.82) is 0 Å². The lowest BCUT2D eigenvalue weighted by Crippen LogP contribution is -2.18. The third-order valence-electron chi connectivity index (χ3n) is 4.71. The summed E-state index contributed by atoms with van der Waals surface area (Å²) in [4.78, 5) is 4.24. The number of rotatable bonds is 4. The molecule has 0 spiro atoms. The van der Waals surface area contributed by atoms with Gasteiger partial charge >= 0.3 is 0 Å². The van der Waals surface area contributed by atoms with Crippen LogP contribution in [-0.4, -0.2) is 27.1 Å². The number of benzene rings is 2. The molecule has 0 aromatic heterocycles. The van der Waals surface area contributed by atoms with Crippen LogP contribution in [0.4, 0.5) is 5.69 Å². The fourth-order valence-electron chi connectivity index (χ4n) is 3.10. The minimum atomic E-state index is -0.265. The van der Waals surface area contributed by atoms with E-state index in [9.17, 15) is 10.3 Å². The lowest BCUT2D eigenvalue weighted by molar-refractivity contribution is -0.709. The first-order valence-electron chi connectivity index (χ1n) is 9.85. The maximum absolute atomic E-state index is 10.9. The summed E-state index contributed by atoms with van der Waals surface area (Å²) in [6, 6.07) is 11.5. The molecule has 29 heavy (non-hydrogen) atoms. The van der Waals surface area contributed by atoms with Crippen molar-refractivity contribution < 1.29 is 15.1 Å². The van der Waals surface area contributed by atoms with E-state index in [4.69, 9.17) is 5.73 Å². The van der Waals surface area contributed by atoms with Gasteiger partial charge in [0.1, 0.15) is 5.75 Å². The molecule has 5 nitrogen and oxygen atoms in total. The Bertz CT molecular complexity index is 906. The number of hydrogen-bond donors (Lipinski definition) is 3. The Kier molecular flexibility index (Phi) is 6.41. The highest BCUT2D eigenvalue weighted by Gasteiger charge is 2.29. The van der Waals surface area contributed by atoms with Crippen LogP contribution in [-0.2, 0) is 17.4 Å². The van der Waals surface area contributed by atoms with E-state index in [0.29, 0.717) is 23.8 Å². The van der Waals surface area contributed by atoms with Gasteiger partial charge in [0.2, 0.25) is 6.21 Å². The van der Waals surface area contributed by atoms with Gasteiger partial charge in [-0.2, -0.15) is 0 Å². The Morgan fingerprint density at radius 2 is 1.59 bits per heavy atom. The van der Waals surface area contributed by atoms with Crippen molar-refractivity contribution in [1.82, 2.24) is 0 Å². The molecule has 2 rings (SSSR count). The maximum atomic E-state index is 10.9. The second kappa shape index (κ2) is 8.27. The van der Waals surface area contributed by atoms with Crippen LogP contribution in [0.1, 0.15) is 70.7 Å². The molecule has 0 aliphatic carbocycles. The summed E-state index contributed by atoms with van der Waals surface area (Å²) in [7, 11) is 0. The lowest BCUT2D eigenvalue weighted by Gasteiger charge is -2.26. The molecule has 0 amide bonds. The van der Waals surface area contributed by atoms with Crippen LogP contribution in [0.5, 0.6) is 5.75 Å². The average molecular weight is 397 g/mol. The second-order valence-electron chi connectivity index (χ2n) is 9.57. The second-order valence-corrected chi connectivity index (χ2v) is 9.57. The molecule has 0 aliphatic rings. The van der Waals surface area contributed by atoms with E-state index in [-0.39, 0.29) is 10.8 Å². The fourth-order valence-corrected chi connectivity index (χ4v) is 3.10. The van der Waals surface area contributed by atoms with E-state index in [0.717, 1.165) is 27.0 Å². The maximum Gasteiger partial charge on any atom is 0.258 e. The van der Waals surface area contributed by atoms with E-state index in [1.807, 2.05) is 77.9 Å². The highest BCUT2D eigenvalue weighted by molar-refractivity contribution is 5.78. The van der Waals surface area contributed by atoms with E-state index in [1.54, 1.807) is 13.1 Å². The van der Waals surface area contributed by atoms with Crippen LogP contribution in [0.15, 0.2) is 41.4 Å². The molecule has 0 bridgehead atoms. The predicted octanol–water partition coefficient (Wildman–Crippen LogP) is 5.02. The van der Waals surface area contributed by atoms with Crippen LogP contribution >= 0.6 is 0 Å². The first-order chi connectivity index (χ1) is 13.3. The summed E-state index contributed by atoms with van der Waals surface area (Å²) in [5.41, 5.74) is 9.15. The molecule has 5 heteroatoms. The Morgan fingerprint density at radius 1 is 1.03 bits per heavy atom. The zero-order chi connectivity index (χ0) is 22.0. The van der Waals surface area contributed by atoms with E-state index >= 15 is 0 Å². The molecule has 2 aromatic rings. The van der Waals surface area contributed by atoms with Crippen molar-refractivity contribution in [3.05, 3.63) is 58.7 Å². The van der Waals surface area contributed by atoms with Crippen molar-refractivity contribution in [2.45, 2.75) is 65.8 Å². The Hall–Kier alpha value is -2.82. The summed E-state index contributed by atoms with van der Waals surface area (Å²) < 4.78 is 1.11. The molecule has 0 unspecified atom stereocenters. The molecule has 4 N–H and O–H groups in total. The molecular weight excluding hydrogens is 362 g/mol. The van der Waals surface area contributed by atoms with Gasteiger partial charge in [-0.25, -0.2) is 0 Å². The van der Waals surface area contributed by atoms with Crippen LogP contribution < -0.4 is 5.73 Å². The van der Waals surface area contributed by atoms with Crippen molar-refractivity contribution in [2.75, 3.05) is 0 Å². The van der Waals surface area contributed by atoms with Crippen LogP contribution in [0.3, 0.4) is 0 Å². The molecule has 0 atom stereocenters. The van der Waals surface area contributed by atoms with E-state index in [2.05, 4.69) is 4.99 Å². The third-order valence-corrected chi connectivity index (χ3v) is 4.71. The molecule has 156 valence electrons. The Balaban J connectivity index is 2.54. The van der Waals surface area contributed by atoms with Crippen molar-refractivity contribution >= 4 is 17.7 Å². The normalized spacial score (nSPS) is 13.6. The molecule has 0 radical (unpaired) electrons. The topological polar surface area (TPSA) is 81.8 Å². The number of nitrogens with two attached hydrogens (primary N) is 1. The van der Waals surface area contributed by atoms with Gasteiger partial charge in [0, 0.05) is 33.6 Å². The standard InChI is InChI=1S/C24H33N3O2/c1-16(25)26-14-17-9-8-10-18(11-17)15-27(29)19-12-20(23(2,3)4)22(28)21(13-19)24(5,6)7/h8-13,15H,14H2,1-7H3,(H3-,25,26,28,29)/p+1/b27-15-. The van der Waals surface area contributed by atoms with Gasteiger partial charge in [-0.05, 0) is 35.4 Å². The zero-order valence-corrected chi connectivity index (χ0v) is 18.6. The van der Waals surface area contributed by atoms with Crippen LogP contribution in [0, 0.1) is 0 Å². The molecule has 0 aliphatic heterocycles. The van der Waals surface area contributed by atoms with Crippen molar-refractivity contribution in [3.8, 4) is 5.75 Å². The molecule has 0 heterocycles. The highest BCUT2D eigenvalue weighted by Crippen LogP contribution is 2.41. The quantitative estimate of drug-likeness (QED) is 0.223. The minimum Gasteiger partial charge on any atom is -0.507 e. The van der Waals surface area contributed by atoms with Crippen LogP contribution in [0.25, 0.3) is 0 Å². The van der Waals surface area contributed by atoms with Crippen molar-refractivity contribution in [2.24, 2.45) is 10.7 Å².